The van der Waals surface area contributed by atoms with Crippen molar-refractivity contribution in [2.45, 2.75) is 42.0 Å². The molecule has 0 heterocycles. The molecule has 23 heavy (non-hydrogen) atoms. The van der Waals surface area contributed by atoms with Gasteiger partial charge in [0.2, 0.25) is 0 Å². The van der Waals surface area contributed by atoms with Crippen molar-refractivity contribution in [3.8, 4) is 0 Å². The van der Waals surface area contributed by atoms with Crippen LogP contribution in [-0.4, -0.2) is 21.3 Å². The number of alkyl halides is 9. The number of halogens is 9. The minimum atomic E-state index is -6.01. The van der Waals surface area contributed by atoms with E-state index >= 15 is 0 Å². The van der Waals surface area contributed by atoms with Crippen LogP contribution >= 0.6 is 34.8 Å². The van der Waals surface area contributed by atoms with E-state index < -0.39 is 39.3 Å². The zero-order valence-electron chi connectivity index (χ0n) is 11.7. The predicted octanol–water partition coefficient (Wildman–Crippen LogP) is 5.53. The molecule has 0 aliphatic rings. The van der Waals surface area contributed by atoms with Gasteiger partial charge in [-0.15, -0.1) is 0 Å². The smallest absolute Gasteiger partial charge is 0.369 e. The van der Waals surface area contributed by atoms with Gasteiger partial charge in [-0.1, -0.05) is 52.5 Å². The molecule has 1 N–H and O–H groups in total. The summed E-state index contributed by atoms with van der Waals surface area (Å²) < 4.78 is 76.4. The van der Waals surface area contributed by atoms with E-state index in [1.165, 1.54) is 19.9 Å². The van der Waals surface area contributed by atoms with E-state index in [2.05, 4.69) is 0 Å². The third kappa shape index (κ3) is 4.18. The summed E-state index contributed by atoms with van der Waals surface area (Å²) in [6.45, 7) is 2.57. The first-order chi connectivity index (χ1) is 10.0. The highest BCUT2D eigenvalue weighted by Gasteiger charge is 2.72. The SMILES string of the molecule is Cc1cc(C)c(CC(Cl)(Cl)Cl)c(C(O)(C(F)(F)F)C(F)(F)F)c1. The predicted molar refractivity (Wildman–Crippen MR) is 75.9 cm³/mol. The van der Waals surface area contributed by atoms with Crippen molar-refractivity contribution in [1.29, 1.82) is 0 Å². The molecule has 0 aliphatic carbocycles. The molecule has 0 aromatic heterocycles. The van der Waals surface area contributed by atoms with Gasteiger partial charge in [-0.05, 0) is 25.0 Å². The summed E-state index contributed by atoms with van der Waals surface area (Å²) >= 11 is 16.6. The maximum atomic E-state index is 13.1. The largest absolute Gasteiger partial charge is 0.430 e. The number of aryl methyl sites for hydroxylation is 2. The fourth-order valence-electron chi connectivity index (χ4n) is 2.22. The molecule has 0 aliphatic heterocycles. The van der Waals surface area contributed by atoms with Crippen molar-refractivity contribution in [3.05, 3.63) is 34.4 Å². The third-order valence-electron chi connectivity index (χ3n) is 3.20. The van der Waals surface area contributed by atoms with Crippen LogP contribution in [0.5, 0.6) is 0 Å². The molecule has 0 atom stereocenters. The van der Waals surface area contributed by atoms with Crippen molar-refractivity contribution in [2.75, 3.05) is 0 Å². The maximum Gasteiger partial charge on any atom is 0.430 e. The van der Waals surface area contributed by atoms with Crippen LogP contribution in [0.15, 0.2) is 12.1 Å². The highest BCUT2D eigenvalue weighted by Crippen LogP contribution is 2.52. The molecular formula is C13H11Cl3F6O. The van der Waals surface area contributed by atoms with E-state index in [0.29, 0.717) is 6.07 Å². The van der Waals surface area contributed by atoms with Crippen LogP contribution in [0.1, 0.15) is 22.3 Å². The van der Waals surface area contributed by atoms with E-state index in [0.717, 1.165) is 0 Å². The molecule has 10 heteroatoms. The summed E-state index contributed by atoms with van der Waals surface area (Å²) in [5, 5.41) is 9.60. The fraction of sp³-hybridized carbons (Fsp3) is 0.538. The molecule has 1 aromatic carbocycles. The van der Waals surface area contributed by atoms with Gasteiger partial charge in [-0.25, -0.2) is 0 Å². The summed E-state index contributed by atoms with van der Waals surface area (Å²) in [4.78, 5) is 0. The van der Waals surface area contributed by atoms with Crippen molar-refractivity contribution in [2.24, 2.45) is 0 Å². The lowest BCUT2D eigenvalue weighted by Gasteiger charge is -2.35. The van der Waals surface area contributed by atoms with Gasteiger partial charge in [0.1, 0.15) is 0 Å². The molecule has 0 fully saturated rings. The molecular weight excluding hydrogens is 392 g/mol. The Hall–Kier alpha value is -0.370. The molecule has 132 valence electrons. The van der Waals surface area contributed by atoms with Crippen molar-refractivity contribution < 1.29 is 31.4 Å². The lowest BCUT2D eigenvalue weighted by Crippen LogP contribution is -2.54. The van der Waals surface area contributed by atoms with Gasteiger partial charge in [0.15, 0.2) is 3.79 Å². The zero-order chi connectivity index (χ0) is 18.4. The summed E-state index contributed by atoms with van der Waals surface area (Å²) in [7, 11) is 0. The second-order valence-electron chi connectivity index (χ2n) is 5.11. The lowest BCUT2D eigenvalue weighted by molar-refractivity contribution is -0.376. The quantitative estimate of drug-likeness (QED) is 0.509. The first kappa shape index (κ1) is 20.7. The van der Waals surface area contributed by atoms with Gasteiger partial charge in [-0.2, -0.15) is 26.3 Å². The molecule has 0 saturated heterocycles. The first-order valence-corrected chi connectivity index (χ1v) is 7.17. The molecule has 0 spiro atoms. The van der Waals surface area contributed by atoms with E-state index in [1.54, 1.807) is 0 Å². The number of benzene rings is 1. The monoisotopic (exact) mass is 402 g/mol. The van der Waals surface area contributed by atoms with Gasteiger partial charge in [0.25, 0.3) is 5.60 Å². The number of hydrogen-bond acceptors (Lipinski definition) is 1. The van der Waals surface area contributed by atoms with Crippen LogP contribution < -0.4 is 0 Å². The Morgan fingerprint density at radius 1 is 0.913 bits per heavy atom. The van der Waals surface area contributed by atoms with Gasteiger partial charge in [-0.3, -0.25) is 0 Å². The molecule has 1 aromatic rings. The molecule has 0 radical (unpaired) electrons. The summed E-state index contributed by atoms with van der Waals surface area (Å²) in [6, 6.07) is 1.93. The highest BCUT2D eigenvalue weighted by atomic mass is 35.6. The molecule has 0 bridgehead atoms. The normalized spacial score (nSPS) is 14.3. The fourth-order valence-corrected chi connectivity index (χ4v) is 2.62. The van der Waals surface area contributed by atoms with Crippen molar-refractivity contribution in [1.82, 2.24) is 0 Å². The zero-order valence-corrected chi connectivity index (χ0v) is 14.0. The standard InChI is InChI=1S/C13H11Cl3F6O/c1-6-3-7(2)8(5-10(14,15)16)9(4-6)11(23,12(17,18)19)13(20,21)22/h3-4,23H,5H2,1-2H3. The summed E-state index contributed by atoms with van der Waals surface area (Å²) in [5.74, 6) is 0. The van der Waals surface area contributed by atoms with Crippen molar-refractivity contribution >= 4 is 34.8 Å². The van der Waals surface area contributed by atoms with E-state index in [4.69, 9.17) is 34.8 Å². The van der Waals surface area contributed by atoms with Gasteiger partial charge >= 0.3 is 12.4 Å². The Bertz CT molecular complexity index is 575. The Morgan fingerprint density at radius 3 is 1.70 bits per heavy atom. The second-order valence-corrected chi connectivity index (χ2v) is 7.62. The maximum absolute atomic E-state index is 13.1. The van der Waals surface area contributed by atoms with Crippen LogP contribution in [-0.2, 0) is 12.0 Å². The molecule has 1 nitrogen and oxygen atoms in total. The molecule has 1 rings (SSSR count). The minimum Gasteiger partial charge on any atom is -0.369 e. The number of aliphatic hydroxyl groups is 1. The van der Waals surface area contributed by atoms with Crippen LogP contribution in [0.3, 0.4) is 0 Å². The highest BCUT2D eigenvalue weighted by molar-refractivity contribution is 6.67. The summed E-state index contributed by atoms with van der Waals surface area (Å²) in [5.41, 5.74) is -6.84. The van der Waals surface area contributed by atoms with Crippen LogP contribution in [0, 0.1) is 13.8 Å². The average molecular weight is 404 g/mol. The lowest BCUT2D eigenvalue weighted by atomic mass is 9.84. The van der Waals surface area contributed by atoms with E-state index in [1.807, 2.05) is 0 Å². The van der Waals surface area contributed by atoms with Gasteiger partial charge < -0.3 is 5.11 Å². The van der Waals surface area contributed by atoms with E-state index in [9.17, 15) is 31.4 Å². The Labute approximate surface area is 143 Å². The molecule has 0 saturated carbocycles. The van der Waals surface area contributed by atoms with E-state index in [-0.39, 0.29) is 11.1 Å². The van der Waals surface area contributed by atoms with Crippen LogP contribution in [0.4, 0.5) is 26.3 Å². The first-order valence-electron chi connectivity index (χ1n) is 6.04. The Balaban J connectivity index is 3.80. The van der Waals surface area contributed by atoms with Crippen LogP contribution in [0.25, 0.3) is 0 Å². The Morgan fingerprint density at radius 2 is 1.35 bits per heavy atom. The topological polar surface area (TPSA) is 20.2 Å². The molecule has 0 amide bonds. The number of rotatable bonds is 2. The second kappa shape index (κ2) is 6.17. The Kier molecular flexibility index (Phi) is 5.55. The third-order valence-corrected chi connectivity index (χ3v) is 3.61. The molecule has 0 unspecified atom stereocenters. The minimum absolute atomic E-state index is 0.0400. The number of hydrogen-bond donors (Lipinski definition) is 1. The van der Waals surface area contributed by atoms with Gasteiger partial charge in [0, 0.05) is 12.0 Å². The summed E-state index contributed by atoms with van der Waals surface area (Å²) in [6.07, 6.45) is -12.7. The van der Waals surface area contributed by atoms with Crippen LogP contribution in [0.2, 0.25) is 0 Å². The van der Waals surface area contributed by atoms with Crippen molar-refractivity contribution in [3.63, 3.8) is 0 Å². The van der Waals surface area contributed by atoms with Gasteiger partial charge in [0.05, 0.1) is 0 Å². The average Bonchev–Trinajstić information content (AvgIpc) is 2.26.